The second kappa shape index (κ2) is 5.12. The summed E-state index contributed by atoms with van der Waals surface area (Å²) in [4.78, 5) is 0. The van der Waals surface area contributed by atoms with Gasteiger partial charge in [0.05, 0.1) is 11.4 Å². The lowest BCUT2D eigenvalue weighted by Gasteiger charge is -2.10. The number of aryl methyl sites for hydroxylation is 1. The highest BCUT2D eigenvalue weighted by molar-refractivity contribution is 6.30. The fourth-order valence-corrected chi connectivity index (χ4v) is 2.53. The normalized spacial score (nSPS) is 12.7. The number of nitrogens with two attached hydrogens (primary N) is 1. The predicted octanol–water partition coefficient (Wildman–Crippen LogP) is 3.20. The number of rotatable bonds is 3. The second-order valence-corrected chi connectivity index (χ2v) is 5.05. The summed E-state index contributed by atoms with van der Waals surface area (Å²) in [5.41, 5.74) is 10.1. The lowest BCUT2D eigenvalue weighted by molar-refractivity contribution is 0.759. The highest BCUT2D eigenvalue weighted by Crippen LogP contribution is 2.25. The standard InChI is InChI=1S/C14H18ClN3/c1-9(8-16)14-10(2)17-18(11(14)3)13-6-4-5-12(15)7-13/h4-7,9H,8,16H2,1-3H3. The van der Waals surface area contributed by atoms with Gasteiger partial charge in [-0.1, -0.05) is 24.6 Å². The molecule has 1 aromatic carbocycles. The zero-order valence-corrected chi connectivity index (χ0v) is 11.7. The van der Waals surface area contributed by atoms with E-state index >= 15 is 0 Å². The van der Waals surface area contributed by atoms with Gasteiger partial charge in [-0.25, -0.2) is 4.68 Å². The van der Waals surface area contributed by atoms with E-state index in [1.807, 2.05) is 35.9 Å². The third kappa shape index (κ3) is 2.28. The van der Waals surface area contributed by atoms with Crippen LogP contribution in [0.3, 0.4) is 0 Å². The van der Waals surface area contributed by atoms with Crippen molar-refractivity contribution in [1.82, 2.24) is 9.78 Å². The molecule has 0 aliphatic heterocycles. The highest BCUT2D eigenvalue weighted by Gasteiger charge is 2.17. The van der Waals surface area contributed by atoms with Crippen LogP contribution in [-0.4, -0.2) is 16.3 Å². The van der Waals surface area contributed by atoms with Crippen LogP contribution in [-0.2, 0) is 0 Å². The molecule has 1 aromatic heterocycles. The Bertz CT molecular complexity index is 560. The van der Waals surface area contributed by atoms with Gasteiger partial charge >= 0.3 is 0 Å². The topological polar surface area (TPSA) is 43.8 Å². The van der Waals surface area contributed by atoms with Crippen LogP contribution in [0, 0.1) is 13.8 Å². The van der Waals surface area contributed by atoms with Gasteiger partial charge in [-0.15, -0.1) is 0 Å². The van der Waals surface area contributed by atoms with Crippen molar-refractivity contribution in [2.75, 3.05) is 6.54 Å². The van der Waals surface area contributed by atoms with E-state index in [4.69, 9.17) is 17.3 Å². The summed E-state index contributed by atoms with van der Waals surface area (Å²) in [5.74, 6) is 0.318. The van der Waals surface area contributed by atoms with Gasteiger partial charge in [-0.05, 0) is 44.5 Å². The van der Waals surface area contributed by atoms with Gasteiger partial charge in [0.1, 0.15) is 0 Å². The van der Waals surface area contributed by atoms with E-state index in [2.05, 4.69) is 18.9 Å². The molecule has 18 heavy (non-hydrogen) atoms. The number of aromatic nitrogens is 2. The molecular formula is C14H18ClN3. The van der Waals surface area contributed by atoms with Crippen molar-refractivity contribution in [3.8, 4) is 5.69 Å². The molecule has 0 aliphatic carbocycles. The number of hydrogen-bond donors (Lipinski definition) is 1. The van der Waals surface area contributed by atoms with Crippen molar-refractivity contribution >= 4 is 11.6 Å². The first-order valence-corrected chi connectivity index (χ1v) is 6.44. The lowest BCUT2D eigenvalue weighted by atomic mass is 9.99. The Morgan fingerprint density at radius 2 is 2.11 bits per heavy atom. The maximum atomic E-state index is 6.02. The predicted molar refractivity (Wildman–Crippen MR) is 75.5 cm³/mol. The van der Waals surface area contributed by atoms with Crippen molar-refractivity contribution in [1.29, 1.82) is 0 Å². The monoisotopic (exact) mass is 263 g/mol. The molecule has 1 heterocycles. The van der Waals surface area contributed by atoms with Crippen LogP contribution in [0.5, 0.6) is 0 Å². The molecule has 1 unspecified atom stereocenters. The van der Waals surface area contributed by atoms with Gasteiger partial charge in [0, 0.05) is 16.3 Å². The molecule has 0 spiro atoms. The SMILES string of the molecule is Cc1nn(-c2cccc(Cl)c2)c(C)c1C(C)CN. The largest absolute Gasteiger partial charge is 0.330 e. The minimum Gasteiger partial charge on any atom is -0.330 e. The van der Waals surface area contributed by atoms with E-state index in [0.717, 1.165) is 17.1 Å². The first-order valence-electron chi connectivity index (χ1n) is 6.06. The Morgan fingerprint density at radius 1 is 1.39 bits per heavy atom. The van der Waals surface area contributed by atoms with Gasteiger partial charge in [-0.3, -0.25) is 0 Å². The maximum absolute atomic E-state index is 6.02. The second-order valence-electron chi connectivity index (χ2n) is 4.61. The summed E-state index contributed by atoms with van der Waals surface area (Å²) >= 11 is 6.02. The number of halogens is 1. The summed E-state index contributed by atoms with van der Waals surface area (Å²) in [7, 11) is 0. The van der Waals surface area contributed by atoms with Gasteiger partial charge in [0.15, 0.2) is 0 Å². The Hall–Kier alpha value is -1.32. The average Bonchev–Trinajstić information content (AvgIpc) is 2.64. The molecule has 4 heteroatoms. The van der Waals surface area contributed by atoms with Gasteiger partial charge in [0.25, 0.3) is 0 Å². The lowest BCUT2D eigenvalue weighted by Crippen LogP contribution is -2.10. The molecule has 0 radical (unpaired) electrons. The summed E-state index contributed by atoms with van der Waals surface area (Å²) in [6.07, 6.45) is 0. The Balaban J connectivity index is 2.54. The molecule has 2 rings (SSSR count). The fourth-order valence-electron chi connectivity index (χ4n) is 2.35. The smallest absolute Gasteiger partial charge is 0.0663 e. The van der Waals surface area contributed by atoms with E-state index in [1.54, 1.807) is 0 Å². The van der Waals surface area contributed by atoms with E-state index < -0.39 is 0 Å². The summed E-state index contributed by atoms with van der Waals surface area (Å²) in [6, 6.07) is 7.71. The molecule has 0 bridgehead atoms. The molecule has 0 saturated heterocycles. The molecule has 0 fully saturated rings. The van der Waals surface area contributed by atoms with E-state index in [-0.39, 0.29) is 0 Å². The van der Waals surface area contributed by atoms with Crippen molar-refractivity contribution in [3.63, 3.8) is 0 Å². The number of hydrogen-bond acceptors (Lipinski definition) is 2. The average molecular weight is 264 g/mol. The number of benzene rings is 1. The van der Waals surface area contributed by atoms with Crippen molar-refractivity contribution in [3.05, 3.63) is 46.2 Å². The number of nitrogens with zero attached hydrogens (tertiary/aromatic N) is 2. The molecule has 2 N–H and O–H groups in total. The summed E-state index contributed by atoms with van der Waals surface area (Å²) in [6.45, 7) is 6.85. The third-order valence-electron chi connectivity index (χ3n) is 3.25. The van der Waals surface area contributed by atoms with Crippen LogP contribution in [0.1, 0.15) is 29.8 Å². The van der Waals surface area contributed by atoms with Crippen LogP contribution in [0.15, 0.2) is 24.3 Å². The molecule has 3 nitrogen and oxygen atoms in total. The van der Waals surface area contributed by atoms with Gasteiger partial charge < -0.3 is 5.73 Å². The molecule has 96 valence electrons. The molecular weight excluding hydrogens is 246 g/mol. The van der Waals surface area contributed by atoms with Crippen LogP contribution >= 0.6 is 11.6 Å². The van der Waals surface area contributed by atoms with Crippen LogP contribution in [0.4, 0.5) is 0 Å². The first kappa shape index (κ1) is 13.1. The quantitative estimate of drug-likeness (QED) is 0.924. The highest BCUT2D eigenvalue weighted by atomic mass is 35.5. The summed E-state index contributed by atoms with van der Waals surface area (Å²) < 4.78 is 1.93. The minimum atomic E-state index is 0.318. The third-order valence-corrected chi connectivity index (χ3v) is 3.48. The van der Waals surface area contributed by atoms with E-state index in [1.165, 1.54) is 5.56 Å². The van der Waals surface area contributed by atoms with Crippen LogP contribution in [0.25, 0.3) is 5.69 Å². The van der Waals surface area contributed by atoms with Gasteiger partial charge in [-0.2, -0.15) is 5.10 Å². The molecule has 1 atom stereocenters. The molecule has 0 saturated carbocycles. The van der Waals surface area contributed by atoms with E-state index in [0.29, 0.717) is 17.5 Å². The minimum absolute atomic E-state index is 0.318. The van der Waals surface area contributed by atoms with Crippen molar-refractivity contribution in [2.24, 2.45) is 5.73 Å². The van der Waals surface area contributed by atoms with Gasteiger partial charge in [0.2, 0.25) is 0 Å². The summed E-state index contributed by atoms with van der Waals surface area (Å²) in [5, 5.41) is 5.31. The van der Waals surface area contributed by atoms with E-state index in [9.17, 15) is 0 Å². The van der Waals surface area contributed by atoms with Crippen molar-refractivity contribution < 1.29 is 0 Å². The Kier molecular flexibility index (Phi) is 3.73. The van der Waals surface area contributed by atoms with Crippen LogP contribution in [0.2, 0.25) is 5.02 Å². The maximum Gasteiger partial charge on any atom is 0.0663 e. The fraction of sp³-hybridized carbons (Fsp3) is 0.357. The zero-order valence-electron chi connectivity index (χ0n) is 10.9. The first-order chi connectivity index (χ1) is 8.54. The van der Waals surface area contributed by atoms with Crippen molar-refractivity contribution in [2.45, 2.75) is 26.7 Å². The Morgan fingerprint density at radius 3 is 2.72 bits per heavy atom. The molecule has 2 aromatic rings. The Labute approximate surface area is 113 Å². The zero-order chi connectivity index (χ0) is 13.3. The molecule has 0 amide bonds. The van der Waals surface area contributed by atoms with Crippen LogP contribution < -0.4 is 5.73 Å². The molecule has 0 aliphatic rings.